The van der Waals surface area contributed by atoms with Gasteiger partial charge in [0.25, 0.3) is 0 Å². The molecule has 0 fully saturated rings. The van der Waals surface area contributed by atoms with Gasteiger partial charge in [0.2, 0.25) is 0 Å². The van der Waals surface area contributed by atoms with Gasteiger partial charge in [0, 0.05) is 7.05 Å². The Labute approximate surface area is 152 Å². The number of hydrogen-bond acceptors (Lipinski definition) is 5. The van der Waals surface area contributed by atoms with Crippen molar-refractivity contribution in [1.29, 1.82) is 0 Å². The highest BCUT2D eigenvalue weighted by Gasteiger charge is 2.35. The quantitative estimate of drug-likeness (QED) is 0.597. The van der Waals surface area contributed by atoms with E-state index in [2.05, 4.69) is 9.97 Å². The Hall–Kier alpha value is -2.48. The van der Waals surface area contributed by atoms with Crippen molar-refractivity contribution < 1.29 is 18.0 Å². The second-order valence-corrected chi connectivity index (χ2v) is 7.03. The molecule has 4 nitrogen and oxygen atoms in total. The number of thiophene rings is 1. The van der Waals surface area contributed by atoms with Crippen LogP contribution in [0.25, 0.3) is 10.2 Å². The zero-order chi connectivity index (χ0) is 19.1. The fourth-order valence-electron chi connectivity index (χ4n) is 2.86. The second-order valence-electron chi connectivity index (χ2n) is 5.95. The Morgan fingerprint density at radius 3 is 2.58 bits per heavy atom. The maximum atomic E-state index is 13.4. The molecule has 8 heteroatoms. The fraction of sp³-hybridized carbons (Fsp3) is 0.278. The number of benzene rings is 1. The molecule has 0 spiro atoms. The second kappa shape index (κ2) is 6.68. The number of anilines is 1. The lowest BCUT2D eigenvalue weighted by Gasteiger charge is -2.29. The van der Waals surface area contributed by atoms with E-state index >= 15 is 0 Å². The summed E-state index contributed by atoms with van der Waals surface area (Å²) < 4.78 is 40.8. The molecule has 1 unspecified atom stereocenters. The number of aldehydes is 1. The van der Waals surface area contributed by atoms with Crippen molar-refractivity contribution in [1.82, 2.24) is 9.97 Å². The highest BCUT2D eigenvalue weighted by atomic mass is 32.1. The van der Waals surface area contributed by atoms with Crippen molar-refractivity contribution in [3.05, 3.63) is 52.2 Å². The van der Waals surface area contributed by atoms with E-state index in [1.165, 1.54) is 23.5 Å². The molecule has 3 aromatic rings. The summed E-state index contributed by atoms with van der Waals surface area (Å²) in [7, 11) is 1.69. The van der Waals surface area contributed by atoms with Gasteiger partial charge in [-0.2, -0.15) is 13.2 Å². The van der Waals surface area contributed by atoms with Crippen LogP contribution in [0.2, 0.25) is 0 Å². The van der Waals surface area contributed by atoms with E-state index in [0.29, 0.717) is 26.7 Å². The fourth-order valence-corrected chi connectivity index (χ4v) is 3.80. The topological polar surface area (TPSA) is 46.1 Å². The van der Waals surface area contributed by atoms with E-state index in [-0.39, 0.29) is 5.56 Å². The lowest BCUT2D eigenvalue weighted by atomic mass is 10.00. The largest absolute Gasteiger partial charge is 0.416 e. The van der Waals surface area contributed by atoms with E-state index in [1.807, 2.05) is 0 Å². The Kier molecular flexibility index (Phi) is 4.70. The molecule has 0 N–H and O–H groups in total. The summed E-state index contributed by atoms with van der Waals surface area (Å²) in [6, 6.07) is 6.60. The van der Waals surface area contributed by atoms with Crippen LogP contribution in [0.3, 0.4) is 0 Å². The van der Waals surface area contributed by atoms with Crippen LogP contribution in [0.5, 0.6) is 0 Å². The standard InChI is InChI=1S/C18H16F3N3OS/c1-10(13-6-4-5-7-14(13)18(19,20)21)24(3)17-16-15(22-11(2)23-17)8-12(9-25)26-16/h4-10H,1-3H3. The van der Waals surface area contributed by atoms with E-state index < -0.39 is 17.8 Å². The van der Waals surface area contributed by atoms with Gasteiger partial charge in [0.1, 0.15) is 5.82 Å². The highest BCUT2D eigenvalue weighted by molar-refractivity contribution is 7.21. The summed E-state index contributed by atoms with van der Waals surface area (Å²) in [6.07, 6.45) is -3.70. The molecular formula is C18H16F3N3OS. The van der Waals surface area contributed by atoms with Crippen LogP contribution in [0, 0.1) is 6.92 Å². The summed E-state index contributed by atoms with van der Waals surface area (Å²) in [6.45, 7) is 3.41. The SMILES string of the molecule is Cc1nc(N(C)C(C)c2ccccc2C(F)(F)F)c2sc(C=O)cc2n1. The van der Waals surface area contributed by atoms with Gasteiger partial charge in [-0.25, -0.2) is 9.97 Å². The van der Waals surface area contributed by atoms with Crippen LogP contribution in [0.1, 0.15) is 39.6 Å². The third kappa shape index (κ3) is 3.29. The van der Waals surface area contributed by atoms with E-state index in [1.54, 1.807) is 37.9 Å². The number of aromatic nitrogens is 2. The zero-order valence-corrected chi connectivity index (χ0v) is 15.1. The predicted octanol–water partition coefficient (Wildman–Crippen LogP) is 5.03. The molecule has 2 aromatic heterocycles. The van der Waals surface area contributed by atoms with Crippen molar-refractivity contribution in [3.63, 3.8) is 0 Å². The minimum absolute atomic E-state index is 0.166. The molecule has 0 saturated carbocycles. The molecule has 0 radical (unpaired) electrons. The minimum atomic E-state index is -4.43. The summed E-state index contributed by atoms with van der Waals surface area (Å²) in [5, 5.41) is 0. The summed E-state index contributed by atoms with van der Waals surface area (Å²) >= 11 is 1.23. The normalized spacial score (nSPS) is 13.0. The molecule has 0 saturated heterocycles. The monoisotopic (exact) mass is 379 g/mol. The number of rotatable bonds is 4. The van der Waals surface area contributed by atoms with Gasteiger partial charge in [-0.15, -0.1) is 11.3 Å². The minimum Gasteiger partial charge on any atom is -0.352 e. The first-order chi connectivity index (χ1) is 12.2. The summed E-state index contributed by atoms with van der Waals surface area (Å²) in [5.41, 5.74) is 0.114. The number of halogens is 3. The smallest absolute Gasteiger partial charge is 0.352 e. The van der Waals surface area contributed by atoms with E-state index in [4.69, 9.17) is 0 Å². The number of aryl methyl sites for hydroxylation is 1. The predicted molar refractivity (Wildman–Crippen MR) is 95.8 cm³/mol. The van der Waals surface area contributed by atoms with Gasteiger partial charge in [0.15, 0.2) is 12.1 Å². The summed E-state index contributed by atoms with van der Waals surface area (Å²) in [5.74, 6) is 1.00. The van der Waals surface area contributed by atoms with Gasteiger partial charge in [-0.05, 0) is 31.5 Å². The maximum absolute atomic E-state index is 13.4. The molecule has 0 aliphatic carbocycles. The van der Waals surface area contributed by atoms with Crippen molar-refractivity contribution in [2.24, 2.45) is 0 Å². The van der Waals surface area contributed by atoms with Crippen LogP contribution in [0.15, 0.2) is 30.3 Å². The average molecular weight is 379 g/mol. The number of carbonyl (C=O) groups is 1. The Morgan fingerprint density at radius 2 is 1.92 bits per heavy atom. The van der Waals surface area contributed by atoms with Crippen LogP contribution in [-0.2, 0) is 6.18 Å². The van der Waals surface area contributed by atoms with Crippen LogP contribution in [-0.4, -0.2) is 23.3 Å². The first-order valence-electron chi connectivity index (χ1n) is 7.84. The summed E-state index contributed by atoms with van der Waals surface area (Å²) in [4.78, 5) is 22.0. The Balaban J connectivity index is 2.10. The molecular weight excluding hydrogens is 363 g/mol. The third-order valence-corrected chi connectivity index (χ3v) is 5.28. The Bertz CT molecular complexity index is 968. The molecule has 136 valence electrons. The van der Waals surface area contributed by atoms with Crippen LogP contribution < -0.4 is 4.90 Å². The molecule has 0 aliphatic rings. The molecule has 26 heavy (non-hydrogen) atoms. The lowest BCUT2D eigenvalue weighted by Crippen LogP contribution is -2.25. The van der Waals surface area contributed by atoms with Crippen molar-refractivity contribution in [2.75, 3.05) is 11.9 Å². The van der Waals surface area contributed by atoms with Gasteiger partial charge >= 0.3 is 6.18 Å². The van der Waals surface area contributed by atoms with E-state index in [0.717, 1.165) is 12.4 Å². The molecule has 3 rings (SSSR count). The van der Waals surface area contributed by atoms with Crippen LogP contribution in [0.4, 0.5) is 19.0 Å². The van der Waals surface area contributed by atoms with Crippen molar-refractivity contribution in [2.45, 2.75) is 26.1 Å². The average Bonchev–Trinajstić information content (AvgIpc) is 3.02. The maximum Gasteiger partial charge on any atom is 0.416 e. The molecule has 0 amide bonds. The van der Waals surface area contributed by atoms with Gasteiger partial charge in [-0.3, -0.25) is 4.79 Å². The molecule has 0 bridgehead atoms. The van der Waals surface area contributed by atoms with Gasteiger partial charge < -0.3 is 4.90 Å². The molecule has 1 aromatic carbocycles. The van der Waals surface area contributed by atoms with Crippen molar-refractivity contribution in [3.8, 4) is 0 Å². The number of fused-ring (bicyclic) bond motifs is 1. The molecule has 1 atom stereocenters. The molecule has 2 heterocycles. The number of nitrogens with zero attached hydrogens (tertiary/aromatic N) is 3. The first kappa shape index (κ1) is 18.3. The third-order valence-electron chi connectivity index (χ3n) is 4.23. The van der Waals surface area contributed by atoms with Gasteiger partial charge in [-0.1, -0.05) is 18.2 Å². The van der Waals surface area contributed by atoms with Gasteiger partial charge in [0.05, 0.1) is 26.7 Å². The van der Waals surface area contributed by atoms with E-state index in [9.17, 15) is 18.0 Å². The first-order valence-corrected chi connectivity index (χ1v) is 8.66. The molecule has 0 aliphatic heterocycles. The van der Waals surface area contributed by atoms with Crippen LogP contribution >= 0.6 is 11.3 Å². The number of hydrogen-bond donors (Lipinski definition) is 0. The van der Waals surface area contributed by atoms with Crippen molar-refractivity contribution >= 4 is 33.7 Å². The Morgan fingerprint density at radius 1 is 1.23 bits per heavy atom. The zero-order valence-electron chi connectivity index (χ0n) is 14.3. The number of carbonyl (C=O) groups excluding carboxylic acids is 1. The highest BCUT2D eigenvalue weighted by Crippen LogP contribution is 2.39. The number of alkyl halides is 3. The lowest BCUT2D eigenvalue weighted by molar-refractivity contribution is -0.138.